The molecule has 4 nitrogen and oxygen atoms in total. The Bertz CT molecular complexity index is 542. The molecule has 1 aromatic heterocycles. The van der Waals surface area contributed by atoms with Crippen LogP contribution in [-0.4, -0.2) is 16.7 Å². The van der Waals surface area contributed by atoms with Crippen LogP contribution in [0.25, 0.3) is 11.5 Å². The van der Waals surface area contributed by atoms with Gasteiger partial charge in [0.05, 0.1) is 11.6 Å². The SMILES string of the molecule is CCNC(C)c1nnc(-c2cccc(F)c2F)o1. The van der Waals surface area contributed by atoms with Crippen LogP contribution in [0.5, 0.6) is 0 Å². The molecular formula is C12H13F2N3O. The molecule has 2 aromatic rings. The molecular weight excluding hydrogens is 240 g/mol. The molecule has 1 aromatic carbocycles. The van der Waals surface area contributed by atoms with Gasteiger partial charge < -0.3 is 9.73 Å². The van der Waals surface area contributed by atoms with Crippen molar-refractivity contribution >= 4 is 0 Å². The number of rotatable bonds is 4. The Morgan fingerprint density at radius 1 is 1.33 bits per heavy atom. The largest absolute Gasteiger partial charge is 0.419 e. The zero-order valence-corrected chi connectivity index (χ0v) is 10.1. The topological polar surface area (TPSA) is 51.0 Å². The molecule has 6 heteroatoms. The van der Waals surface area contributed by atoms with E-state index in [4.69, 9.17) is 4.42 Å². The normalized spacial score (nSPS) is 12.7. The first-order valence-corrected chi connectivity index (χ1v) is 5.64. The van der Waals surface area contributed by atoms with Crippen molar-refractivity contribution in [2.24, 2.45) is 0 Å². The summed E-state index contributed by atoms with van der Waals surface area (Å²) < 4.78 is 31.9. The number of halogens is 2. The van der Waals surface area contributed by atoms with Crippen LogP contribution < -0.4 is 5.32 Å². The lowest BCUT2D eigenvalue weighted by atomic mass is 10.2. The number of benzene rings is 1. The van der Waals surface area contributed by atoms with Crippen LogP contribution in [0.15, 0.2) is 22.6 Å². The molecule has 1 heterocycles. The minimum Gasteiger partial charge on any atom is -0.419 e. The quantitative estimate of drug-likeness (QED) is 0.910. The van der Waals surface area contributed by atoms with Gasteiger partial charge in [-0.3, -0.25) is 0 Å². The fourth-order valence-corrected chi connectivity index (χ4v) is 1.58. The van der Waals surface area contributed by atoms with E-state index in [9.17, 15) is 8.78 Å². The van der Waals surface area contributed by atoms with Crippen LogP contribution in [0.4, 0.5) is 8.78 Å². The lowest BCUT2D eigenvalue weighted by molar-refractivity contribution is 0.426. The second kappa shape index (κ2) is 5.22. The van der Waals surface area contributed by atoms with Gasteiger partial charge in [0.1, 0.15) is 0 Å². The number of aromatic nitrogens is 2. The Morgan fingerprint density at radius 2 is 2.11 bits per heavy atom. The highest BCUT2D eigenvalue weighted by Gasteiger charge is 2.18. The Hall–Kier alpha value is -1.82. The number of hydrogen-bond acceptors (Lipinski definition) is 4. The van der Waals surface area contributed by atoms with Gasteiger partial charge in [-0.2, -0.15) is 0 Å². The third-order valence-electron chi connectivity index (χ3n) is 2.50. The van der Waals surface area contributed by atoms with Crippen molar-refractivity contribution in [3.63, 3.8) is 0 Å². The Morgan fingerprint density at radius 3 is 2.83 bits per heavy atom. The summed E-state index contributed by atoms with van der Waals surface area (Å²) in [6, 6.07) is 3.70. The molecule has 96 valence electrons. The summed E-state index contributed by atoms with van der Waals surface area (Å²) in [7, 11) is 0. The lowest BCUT2D eigenvalue weighted by Gasteiger charge is -2.05. The monoisotopic (exact) mass is 253 g/mol. The van der Waals surface area contributed by atoms with Crippen LogP contribution in [-0.2, 0) is 0 Å². The van der Waals surface area contributed by atoms with E-state index >= 15 is 0 Å². The van der Waals surface area contributed by atoms with Crippen molar-refractivity contribution in [3.05, 3.63) is 35.7 Å². The average Bonchev–Trinajstić information content (AvgIpc) is 2.82. The van der Waals surface area contributed by atoms with Gasteiger partial charge >= 0.3 is 0 Å². The molecule has 0 fully saturated rings. The zero-order valence-electron chi connectivity index (χ0n) is 10.1. The summed E-state index contributed by atoms with van der Waals surface area (Å²) in [5.41, 5.74) is -0.0301. The summed E-state index contributed by atoms with van der Waals surface area (Å²) in [6.45, 7) is 4.54. The molecule has 0 aliphatic heterocycles. The minimum atomic E-state index is -0.983. The zero-order chi connectivity index (χ0) is 13.1. The molecule has 0 aliphatic rings. The first kappa shape index (κ1) is 12.6. The summed E-state index contributed by atoms with van der Waals surface area (Å²) in [5.74, 6) is -1.60. The molecule has 0 radical (unpaired) electrons. The number of nitrogens with zero attached hydrogens (tertiary/aromatic N) is 2. The maximum atomic E-state index is 13.5. The van der Waals surface area contributed by atoms with Crippen molar-refractivity contribution in [2.75, 3.05) is 6.54 Å². The third-order valence-corrected chi connectivity index (χ3v) is 2.50. The predicted molar refractivity (Wildman–Crippen MR) is 61.7 cm³/mol. The van der Waals surface area contributed by atoms with Crippen molar-refractivity contribution in [2.45, 2.75) is 19.9 Å². The number of nitrogens with one attached hydrogen (secondary N) is 1. The van der Waals surface area contributed by atoms with E-state index in [1.165, 1.54) is 12.1 Å². The first-order chi connectivity index (χ1) is 8.63. The van der Waals surface area contributed by atoms with Crippen molar-refractivity contribution < 1.29 is 13.2 Å². The molecule has 0 aliphatic carbocycles. The van der Waals surface area contributed by atoms with Gasteiger partial charge in [-0.05, 0) is 25.6 Å². The summed E-state index contributed by atoms with van der Waals surface area (Å²) in [4.78, 5) is 0. The summed E-state index contributed by atoms with van der Waals surface area (Å²) >= 11 is 0. The van der Waals surface area contributed by atoms with Crippen LogP contribution in [0.2, 0.25) is 0 Å². The number of hydrogen-bond donors (Lipinski definition) is 1. The van der Waals surface area contributed by atoms with E-state index in [2.05, 4.69) is 15.5 Å². The van der Waals surface area contributed by atoms with E-state index in [-0.39, 0.29) is 17.5 Å². The summed E-state index contributed by atoms with van der Waals surface area (Å²) in [6.07, 6.45) is 0. The highest BCUT2D eigenvalue weighted by atomic mass is 19.2. The minimum absolute atomic E-state index is 0.0215. The molecule has 0 spiro atoms. The first-order valence-electron chi connectivity index (χ1n) is 5.64. The highest BCUT2D eigenvalue weighted by Crippen LogP contribution is 2.24. The molecule has 1 N–H and O–H groups in total. The second-order valence-corrected chi connectivity index (χ2v) is 3.83. The van der Waals surface area contributed by atoms with Crippen LogP contribution >= 0.6 is 0 Å². The molecule has 1 unspecified atom stereocenters. The van der Waals surface area contributed by atoms with Crippen LogP contribution in [0, 0.1) is 11.6 Å². The Kier molecular flexibility index (Phi) is 3.66. The summed E-state index contributed by atoms with van der Waals surface area (Å²) in [5, 5.41) is 10.6. The van der Waals surface area contributed by atoms with Crippen molar-refractivity contribution in [1.29, 1.82) is 0 Å². The van der Waals surface area contributed by atoms with Gasteiger partial charge in [0.2, 0.25) is 5.89 Å². The maximum Gasteiger partial charge on any atom is 0.250 e. The lowest BCUT2D eigenvalue weighted by Crippen LogP contribution is -2.17. The van der Waals surface area contributed by atoms with E-state index in [0.717, 1.165) is 12.6 Å². The van der Waals surface area contributed by atoms with E-state index in [0.29, 0.717) is 5.89 Å². The molecule has 0 amide bonds. The fraction of sp³-hybridized carbons (Fsp3) is 0.333. The van der Waals surface area contributed by atoms with E-state index in [1.54, 1.807) is 0 Å². The highest BCUT2D eigenvalue weighted by molar-refractivity contribution is 5.53. The standard InChI is InChI=1S/C12H13F2N3O/c1-3-15-7(2)11-16-17-12(18-11)8-5-4-6-9(13)10(8)14/h4-7,15H,3H2,1-2H3. The van der Waals surface area contributed by atoms with Crippen molar-refractivity contribution in [3.8, 4) is 11.5 Å². The molecule has 0 saturated heterocycles. The van der Waals surface area contributed by atoms with Gasteiger partial charge in [-0.15, -0.1) is 10.2 Å². The van der Waals surface area contributed by atoms with Gasteiger partial charge in [0.15, 0.2) is 11.6 Å². The van der Waals surface area contributed by atoms with Crippen molar-refractivity contribution in [1.82, 2.24) is 15.5 Å². The average molecular weight is 253 g/mol. The van der Waals surface area contributed by atoms with E-state index < -0.39 is 11.6 Å². The molecule has 1 atom stereocenters. The van der Waals surface area contributed by atoms with Gasteiger partial charge in [0, 0.05) is 0 Å². The molecule has 0 bridgehead atoms. The molecule has 18 heavy (non-hydrogen) atoms. The fourth-order valence-electron chi connectivity index (χ4n) is 1.58. The third kappa shape index (κ3) is 2.38. The second-order valence-electron chi connectivity index (χ2n) is 3.83. The predicted octanol–water partition coefficient (Wildman–Crippen LogP) is 2.69. The van der Waals surface area contributed by atoms with E-state index in [1.807, 2.05) is 13.8 Å². The maximum absolute atomic E-state index is 13.5. The van der Waals surface area contributed by atoms with Gasteiger partial charge in [0.25, 0.3) is 5.89 Å². The van der Waals surface area contributed by atoms with Crippen LogP contribution in [0.1, 0.15) is 25.8 Å². The van der Waals surface area contributed by atoms with Gasteiger partial charge in [-0.25, -0.2) is 8.78 Å². The Balaban J connectivity index is 2.32. The molecule has 0 saturated carbocycles. The smallest absolute Gasteiger partial charge is 0.250 e. The van der Waals surface area contributed by atoms with Crippen LogP contribution in [0.3, 0.4) is 0 Å². The Labute approximate surface area is 103 Å². The molecule has 2 rings (SSSR count). The van der Waals surface area contributed by atoms with Gasteiger partial charge in [-0.1, -0.05) is 13.0 Å².